The first-order chi connectivity index (χ1) is 15.5. The van der Waals surface area contributed by atoms with Crippen molar-refractivity contribution in [3.05, 3.63) is 107 Å². The monoisotopic (exact) mass is 443 g/mol. The van der Waals surface area contributed by atoms with E-state index in [-0.39, 0.29) is 6.04 Å². The Balaban J connectivity index is 1.62. The summed E-state index contributed by atoms with van der Waals surface area (Å²) in [5.74, 6) is 0.806. The molecule has 1 aliphatic rings. The Morgan fingerprint density at radius 1 is 0.844 bits per heavy atom. The summed E-state index contributed by atoms with van der Waals surface area (Å²) in [6.45, 7) is 2.32. The highest BCUT2D eigenvalue weighted by Gasteiger charge is 2.36. The van der Waals surface area contributed by atoms with Crippen molar-refractivity contribution in [1.29, 1.82) is 0 Å². The van der Waals surface area contributed by atoms with E-state index in [1.807, 2.05) is 67.6 Å². The number of hydrogen-bond acceptors (Lipinski definition) is 3. The van der Waals surface area contributed by atoms with Gasteiger partial charge in [-0.15, -0.1) is 0 Å². The Hall–Kier alpha value is -3.15. The smallest absolute Gasteiger partial charge is 0.243 e. The predicted molar refractivity (Wildman–Crippen MR) is 127 cm³/mol. The van der Waals surface area contributed by atoms with Crippen molar-refractivity contribution in [2.24, 2.45) is 0 Å². The molecule has 0 unspecified atom stereocenters. The lowest BCUT2D eigenvalue weighted by Gasteiger charge is -2.36. The van der Waals surface area contributed by atoms with Gasteiger partial charge in [-0.2, -0.15) is 4.31 Å². The quantitative estimate of drug-likeness (QED) is 0.410. The van der Waals surface area contributed by atoms with Crippen LogP contribution in [0, 0.1) is 6.92 Å². The molecule has 0 fully saturated rings. The summed E-state index contributed by atoms with van der Waals surface area (Å²) in [4.78, 5) is 0.331. The normalized spacial score (nSPS) is 16.6. The van der Waals surface area contributed by atoms with Crippen LogP contribution in [0.3, 0.4) is 0 Å². The second-order valence-electron chi connectivity index (χ2n) is 8.32. The third-order valence-electron chi connectivity index (χ3n) is 6.29. The molecule has 1 aliphatic heterocycles. The van der Waals surface area contributed by atoms with Gasteiger partial charge >= 0.3 is 0 Å². The van der Waals surface area contributed by atoms with Gasteiger partial charge in [-0.25, -0.2) is 8.42 Å². The fourth-order valence-corrected chi connectivity index (χ4v) is 6.05. The molecule has 162 valence electrons. The zero-order chi connectivity index (χ0) is 22.3. The molecule has 4 aromatic rings. The lowest BCUT2D eigenvalue weighted by molar-refractivity contribution is 0.296. The van der Waals surface area contributed by atoms with E-state index < -0.39 is 10.0 Å². The lowest BCUT2D eigenvalue weighted by atomic mass is 9.91. The number of fused-ring (bicyclic) bond motifs is 2. The van der Waals surface area contributed by atoms with E-state index in [2.05, 4.69) is 12.1 Å². The van der Waals surface area contributed by atoms with Gasteiger partial charge in [0.2, 0.25) is 10.0 Å². The summed E-state index contributed by atoms with van der Waals surface area (Å²) >= 11 is 0. The zero-order valence-corrected chi connectivity index (χ0v) is 19.0. The first-order valence-electron chi connectivity index (χ1n) is 10.7. The molecule has 0 amide bonds. The molecule has 0 spiro atoms. The Labute approximate surface area is 189 Å². The molecule has 0 radical (unpaired) electrons. The van der Waals surface area contributed by atoms with Crippen molar-refractivity contribution >= 4 is 20.8 Å². The van der Waals surface area contributed by atoms with Crippen molar-refractivity contribution in [3.8, 4) is 5.75 Å². The summed E-state index contributed by atoms with van der Waals surface area (Å²) in [6, 6.07) is 27.1. The SMILES string of the molecule is COc1ccc2cc([C@H]3Cc4ccccc4CN3S(=O)(=O)c3ccc(C)cc3)ccc2c1. The van der Waals surface area contributed by atoms with Crippen molar-refractivity contribution in [2.75, 3.05) is 7.11 Å². The Morgan fingerprint density at radius 2 is 1.53 bits per heavy atom. The average Bonchev–Trinajstić information content (AvgIpc) is 2.82. The molecular weight excluding hydrogens is 418 g/mol. The molecule has 1 atom stereocenters. The van der Waals surface area contributed by atoms with Gasteiger partial charge in [0.1, 0.15) is 5.75 Å². The summed E-state index contributed by atoms with van der Waals surface area (Å²) in [5, 5.41) is 2.13. The standard InChI is InChI=1S/C27H25NO3S/c1-19-7-13-26(14-8-19)32(29,30)28-18-24-6-4-3-5-20(24)17-27(28)23-10-9-22-16-25(31-2)12-11-21(22)15-23/h3-16,27H,17-18H2,1-2H3/t27-/m1/s1. The van der Waals surface area contributed by atoms with E-state index in [0.717, 1.165) is 33.2 Å². The summed E-state index contributed by atoms with van der Waals surface area (Å²) < 4.78 is 34.5. The molecule has 4 aromatic carbocycles. The molecular formula is C27H25NO3S. The van der Waals surface area contributed by atoms with E-state index in [1.165, 1.54) is 5.56 Å². The van der Waals surface area contributed by atoms with Gasteiger partial charge < -0.3 is 4.74 Å². The maximum Gasteiger partial charge on any atom is 0.243 e. The average molecular weight is 444 g/mol. The number of aryl methyl sites for hydroxylation is 1. The molecule has 5 rings (SSSR count). The number of ether oxygens (including phenoxy) is 1. The summed E-state index contributed by atoms with van der Waals surface area (Å²) in [6.07, 6.45) is 0.642. The number of sulfonamides is 1. The molecule has 0 N–H and O–H groups in total. The number of rotatable bonds is 4. The van der Waals surface area contributed by atoms with Gasteiger partial charge in [0.25, 0.3) is 0 Å². The van der Waals surface area contributed by atoms with Crippen LogP contribution >= 0.6 is 0 Å². The molecule has 5 heteroatoms. The van der Waals surface area contributed by atoms with Crippen LogP contribution in [-0.2, 0) is 23.0 Å². The lowest BCUT2D eigenvalue weighted by Crippen LogP contribution is -2.38. The van der Waals surface area contributed by atoms with Gasteiger partial charge in [0, 0.05) is 6.54 Å². The highest BCUT2D eigenvalue weighted by atomic mass is 32.2. The van der Waals surface area contributed by atoms with Crippen molar-refractivity contribution in [1.82, 2.24) is 4.31 Å². The Kier molecular flexibility index (Phi) is 5.24. The van der Waals surface area contributed by atoms with Crippen LogP contribution in [0.4, 0.5) is 0 Å². The van der Waals surface area contributed by atoms with Crippen LogP contribution in [-0.4, -0.2) is 19.8 Å². The third-order valence-corrected chi connectivity index (χ3v) is 8.16. The van der Waals surface area contributed by atoms with Crippen LogP contribution < -0.4 is 4.74 Å². The largest absolute Gasteiger partial charge is 0.497 e. The molecule has 0 saturated heterocycles. The van der Waals surface area contributed by atoms with Gasteiger partial charge in [-0.3, -0.25) is 0 Å². The maximum absolute atomic E-state index is 13.7. The van der Waals surface area contributed by atoms with E-state index >= 15 is 0 Å². The van der Waals surface area contributed by atoms with E-state index in [1.54, 1.807) is 23.5 Å². The minimum Gasteiger partial charge on any atom is -0.497 e. The predicted octanol–water partition coefficient (Wildman–Crippen LogP) is 5.65. The maximum atomic E-state index is 13.7. The summed E-state index contributed by atoms with van der Waals surface area (Å²) in [5.41, 5.74) is 4.29. The zero-order valence-electron chi connectivity index (χ0n) is 18.2. The first kappa shape index (κ1) is 20.7. The van der Waals surface area contributed by atoms with E-state index in [4.69, 9.17) is 4.74 Å². The van der Waals surface area contributed by atoms with Gasteiger partial charge in [-0.05, 0) is 71.1 Å². The second-order valence-corrected chi connectivity index (χ2v) is 10.2. The summed E-state index contributed by atoms with van der Waals surface area (Å²) in [7, 11) is -2.01. The van der Waals surface area contributed by atoms with Crippen molar-refractivity contribution in [3.63, 3.8) is 0 Å². The van der Waals surface area contributed by atoms with Crippen LogP contribution in [0.5, 0.6) is 5.75 Å². The Morgan fingerprint density at radius 3 is 2.28 bits per heavy atom. The minimum absolute atomic E-state index is 0.275. The van der Waals surface area contributed by atoms with Crippen LogP contribution in [0.25, 0.3) is 10.8 Å². The van der Waals surface area contributed by atoms with E-state index in [0.29, 0.717) is 17.9 Å². The molecule has 32 heavy (non-hydrogen) atoms. The van der Waals surface area contributed by atoms with Crippen LogP contribution in [0.2, 0.25) is 0 Å². The van der Waals surface area contributed by atoms with Crippen LogP contribution in [0.15, 0.2) is 89.8 Å². The van der Waals surface area contributed by atoms with Crippen molar-refractivity contribution < 1.29 is 13.2 Å². The number of methoxy groups -OCH3 is 1. The van der Waals surface area contributed by atoms with Crippen LogP contribution in [0.1, 0.15) is 28.3 Å². The van der Waals surface area contributed by atoms with E-state index in [9.17, 15) is 8.42 Å². The number of nitrogens with zero attached hydrogens (tertiary/aromatic N) is 1. The molecule has 1 heterocycles. The van der Waals surface area contributed by atoms with Gasteiger partial charge in [0.15, 0.2) is 0 Å². The minimum atomic E-state index is -3.67. The topological polar surface area (TPSA) is 46.6 Å². The Bertz CT molecular complexity index is 1390. The first-order valence-corrected chi connectivity index (χ1v) is 12.1. The van der Waals surface area contributed by atoms with Gasteiger partial charge in [-0.1, -0.05) is 60.2 Å². The van der Waals surface area contributed by atoms with Crippen molar-refractivity contribution in [2.45, 2.75) is 30.8 Å². The number of benzene rings is 4. The second kappa shape index (κ2) is 8.08. The molecule has 0 saturated carbocycles. The highest BCUT2D eigenvalue weighted by Crippen LogP contribution is 2.38. The molecule has 0 aliphatic carbocycles. The molecule has 0 bridgehead atoms. The third kappa shape index (κ3) is 3.68. The highest BCUT2D eigenvalue weighted by molar-refractivity contribution is 7.89. The van der Waals surface area contributed by atoms with Gasteiger partial charge in [0.05, 0.1) is 18.0 Å². The number of hydrogen-bond donors (Lipinski definition) is 0. The molecule has 4 nitrogen and oxygen atoms in total. The molecule has 0 aromatic heterocycles. The fourth-order valence-electron chi connectivity index (χ4n) is 4.46. The fraction of sp³-hybridized carbons (Fsp3) is 0.185.